The molecule has 0 aliphatic rings. The monoisotopic (exact) mass is 402 g/mol. The van der Waals surface area contributed by atoms with Crippen LogP contribution in [0.1, 0.15) is 21.5 Å². The number of fused-ring (bicyclic) bond motifs is 1. The van der Waals surface area contributed by atoms with Gasteiger partial charge in [-0.15, -0.1) is 0 Å². The zero-order valence-corrected chi connectivity index (χ0v) is 17.3. The second-order valence-electron chi connectivity index (χ2n) is 7.06. The molecule has 6 nitrogen and oxygen atoms in total. The second-order valence-corrected chi connectivity index (χ2v) is 7.06. The van der Waals surface area contributed by atoms with Crippen molar-refractivity contribution in [2.75, 3.05) is 19.5 Å². The largest absolute Gasteiger partial charge is 0.497 e. The second kappa shape index (κ2) is 7.91. The molecule has 0 spiro atoms. The first-order chi connectivity index (χ1) is 14.5. The predicted molar refractivity (Wildman–Crippen MR) is 116 cm³/mol. The van der Waals surface area contributed by atoms with Gasteiger partial charge in [0.2, 0.25) is 5.89 Å². The summed E-state index contributed by atoms with van der Waals surface area (Å²) in [6.07, 6.45) is 0. The molecule has 6 heteroatoms. The lowest BCUT2D eigenvalue weighted by atomic mass is 10.1. The number of oxazole rings is 1. The summed E-state index contributed by atoms with van der Waals surface area (Å²) in [5.41, 5.74) is 5.72. The highest BCUT2D eigenvalue weighted by Gasteiger charge is 2.13. The number of hydrogen-bond acceptors (Lipinski definition) is 5. The summed E-state index contributed by atoms with van der Waals surface area (Å²) >= 11 is 0. The van der Waals surface area contributed by atoms with Gasteiger partial charge in [-0.2, -0.15) is 0 Å². The Morgan fingerprint density at radius 3 is 2.33 bits per heavy atom. The minimum absolute atomic E-state index is 0.270. The Hall–Kier alpha value is -3.80. The highest BCUT2D eigenvalue weighted by Crippen LogP contribution is 2.28. The van der Waals surface area contributed by atoms with Crippen LogP contribution in [0.15, 0.2) is 59.0 Å². The molecule has 0 radical (unpaired) electrons. The average molecular weight is 402 g/mol. The van der Waals surface area contributed by atoms with E-state index < -0.39 is 0 Å². The zero-order valence-electron chi connectivity index (χ0n) is 17.3. The van der Waals surface area contributed by atoms with Crippen molar-refractivity contribution in [3.8, 4) is 23.0 Å². The molecule has 0 fully saturated rings. The Morgan fingerprint density at radius 2 is 1.63 bits per heavy atom. The minimum atomic E-state index is -0.270. The molecule has 0 aliphatic heterocycles. The van der Waals surface area contributed by atoms with Gasteiger partial charge in [0.25, 0.3) is 5.91 Å². The summed E-state index contributed by atoms with van der Waals surface area (Å²) in [4.78, 5) is 17.3. The highest BCUT2D eigenvalue weighted by molar-refractivity contribution is 6.05. The molecular formula is C24H22N2O4. The number of amides is 1. The SMILES string of the molecule is COc1cc(OC)cc(C(=O)Nc2cccc(-c3nc4cc(C)c(C)cc4o3)c2)c1. The molecule has 0 aliphatic carbocycles. The van der Waals surface area contributed by atoms with E-state index in [9.17, 15) is 4.79 Å². The van der Waals surface area contributed by atoms with Gasteiger partial charge < -0.3 is 19.2 Å². The third kappa shape index (κ3) is 3.85. The van der Waals surface area contributed by atoms with E-state index in [0.717, 1.165) is 27.8 Å². The van der Waals surface area contributed by atoms with Crippen molar-refractivity contribution in [2.24, 2.45) is 0 Å². The van der Waals surface area contributed by atoms with Crippen molar-refractivity contribution < 1.29 is 18.7 Å². The molecule has 4 rings (SSSR count). The minimum Gasteiger partial charge on any atom is -0.497 e. The molecule has 0 bridgehead atoms. The molecule has 1 amide bonds. The molecule has 0 unspecified atom stereocenters. The van der Waals surface area contributed by atoms with Crippen molar-refractivity contribution in [3.05, 3.63) is 71.3 Å². The molecule has 0 saturated heterocycles. The summed E-state index contributed by atoms with van der Waals surface area (Å²) in [6, 6.07) is 16.4. The number of aromatic nitrogens is 1. The van der Waals surface area contributed by atoms with Crippen LogP contribution in [0, 0.1) is 13.8 Å². The standard InChI is InChI=1S/C24H22N2O4/c1-14-8-21-22(9-15(14)2)30-24(26-21)16-6-5-7-18(10-16)25-23(27)17-11-19(28-3)13-20(12-17)29-4/h5-13H,1-4H3,(H,25,27). The van der Waals surface area contributed by atoms with Gasteiger partial charge in [-0.25, -0.2) is 4.98 Å². The van der Waals surface area contributed by atoms with E-state index in [2.05, 4.69) is 10.3 Å². The third-order valence-corrected chi connectivity index (χ3v) is 4.98. The number of carbonyl (C=O) groups excluding carboxylic acids is 1. The van der Waals surface area contributed by atoms with Crippen molar-refractivity contribution in [2.45, 2.75) is 13.8 Å². The molecular weight excluding hydrogens is 380 g/mol. The van der Waals surface area contributed by atoms with Crippen molar-refractivity contribution in [1.29, 1.82) is 0 Å². The molecule has 4 aromatic rings. The van der Waals surface area contributed by atoms with Crippen molar-refractivity contribution in [1.82, 2.24) is 4.98 Å². The lowest BCUT2D eigenvalue weighted by molar-refractivity contribution is 0.102. The number of benzene rings is 3. The number of anilines is 1. The normalized spacial score (nSPS) is 10.8. The number of hydrogen-bond donors (Lipinski definition) is 1. The average Bonchev–Trinajstić information content (AvgIpc) is 3.16. The van der Waals surface area contributed by atoms with E-state index in [0.29, 0.717) is 28.6 Å². The maximum absolute atomic E-state index is 12.8. The number of nitrogens with one attached hydrogen (secondary N) is 1. The number of nitrogens with zero attached hydrogens (tertiary/aromatic N) is 1. The summed E-state index contributed by atoms with van der Waals surface area (Å²) in [5.74, 6) is 1.33. The predicted octanol–water partition coefficient (Wildman–Crippen LogP) is 5.38. The van der Waals surface area contributed by atoms with Crippen LogP contribution in [0.3, 0.4) is 0 Å². The van der Waals surface area contributed by atoms with Crippen molar-refractivity contribution >= 4 is 22.7 Å². The molecule has 0 atom stereocenters. The lowest BCUT2D eigenvalue weighted by Gasteiger charge is -2.10. The number of ether oxygens (including phenoxy) is 2. The van der Waals surface area contributed by atoms with E-state index in [1.54, 1.807) is 32.4 Å². The Morgan fingerprint density at radius 1 is 0.933 bits per heavy atom. The number of carbonyl (C=O) groups is 1. The summed E-state index contributed by atoms with van der Waals surface area (Å²) in [5, 5.41) is 2.90. The van der Waals surface area contributed by atoms with E-state index >= 15 is 0 Å². The maximum atomic E-state index is 12.8. The van der Waals surface area contributed by atoms with Crippen LogP contribution in [0.4, 0.5) is 5.69 Å². The quantitative estimate of drug-likeness (QED) is 0.485. The van der Waals surface area contributed by atoms with Crippen LogP contribution >= 0.6 is 0 Å². The van der Waals surface area contributed by atoms with Crippen LogP contribution in [0.25, 0.3) is 22.6 Å². The Balaban J connectivity index is 1.62. The summed E-state index contributed by atoms with van der Waals surface area (Å²) in [7, 11) is 3.09. The number of rotatable bonds is 5. The van der Waals surface area contributed by atoms with Gasteiger partial charge in [0.15, 0.2) is 5.58 Å². The molecule has 1 N–H and O–H groups in total. The van der Waals surface area contributed by atoms with Crippen LogP contribution in [-0.4, -0.2) is 25.1 Å². The molecule has 30 heavy (non-hydrogen) atoms. The summed E-state index contributed by atoms with van der Waals surface area (Å²) in [6.45, 7) is 4.09. The number of aryl methyl sites for hydroxylation is 2. The van der Waals surface area contributed by atoms with Gasteiger partial charge in [-0.1, -0.05) is 6.07 Å². The Labute approximate surface area is 174 Å². The summed E-state index contributed by atoms with van der Waals surface area (Å²) < 4.78 is 16.4. The van der Waals surface area contributed by atoms with Gasteiger partial charge in [-0.3, -0.25) is 4.79 Å². The third-order valence-electron chi connectivity index (χ3n) is 4.98. The van der Waals surface area contributed by atoms with Crippen LogP contribution in [0.2, 0.25) is 0 Å². The highest BCUT2D eigenvalue weighted by atomic mass is 16.5. The fourth-order valence-electron chi connectivity index (χ4n) is 3.18. The van der Waals surface area contributed by atoms with E-state index in [1.165, 1.54) is 0 Å². The van der Waals surface area contributed by atoms with Crippen LogP contribution < -0.4 is 14.8 Å². The smallest absolute Gasteiger partial charge is 0.255 e. The molecule has 152 valence electrons. The lowest BCUT2D eigenvalue weighted by Crippen LogP contribution is -2.12. The van der Waals surface area contributed by atoms with E-state index in [-0.39, 0.29) is 5.91 Å². The molecule has 1 heterocycles. The maximum Gasteiger partial charge on any atom is 0.255 e. The molecule has 0 saturated carbocycles. The Kier molecular flexibility index (Phi) is 5.14. The topological polar surface area (TPSA) is 73.6 Å². The van der Waals surface area contributed by atoms with Gasteiger partial charge in [0.1, 0.15) is 17.0 Å². The van der Waals surface area contributed by atoms with E-state index in [4.69, 9.17) is 13.9 Å². The Bertz CT molecular complexity index is 1180. The fraction of sp³-hybridized carbons (Fsp3) is 0.167. The number of methoxy groups -OCH3 is 2. The van der Waals surface area contributed by atoms with Gasteiger partial charge >= 0.3 is 0 Å². The van der Waals surface area contributed by atoms with Gasteiger partial charge in [-0.05, 0) is 67.4 Å². The van der Waals surface area contributed by atoms with Crippen molar-refractivity contribution in [3.63, 3.8) is 0 Å². The van der Waals surface area contributed by atoms with Crippen LogP contribution in [-0.2, 0) is 0 Å². The molecule has 1 aromatic heterocycles. The van der Waals surface area contributed by atoms with Gasteiger partial charge in [0, 0.05) is 22.9 Å². The first kappa shape index (κ1) is 19.5. The van der Waals surface area contributed by atoms with Crippen LogP contribution in [0.5, 0.6) is 11.5 Å². The first-order valence-corrected chi connectivity index (χ1v) is 9.49. The fourth-order valence-corrected chi connectivity index (χ4v) is 3.18. The molecule has 3 aromatic carbocycles. The first-order valence-electron chi connectivity index (χ1n) is 9.49. The zero-order chi connectivity index (χ0) is 21.3. The van der Waals surface area contributed by atoms with Gasteiger partial charge in [0.05, 0.1) is 14.2 Å². The van der Waals surface area contributed by atoms with E-state index in [1.807, 2.05) is 50.2 Å².